The van der Waals surface area contributed by atoms with Crippen molar-refractivity contribution < 1.29 is 13.6 Å². The van der Waals surface area contributed by atoms with Gasteiger partial charge in [-0.2, -0.15) is 0 Å². The minimum atomic E-state index is -0.433. The number of halogens is 1. The molecule has 0 aliphatic rings. The first-order chi connectivity index (χ1) is 8.78. The van der Waals surface area contributed by atoms with Crippen LogP contribution in [0.3, 0.4) is 0 Å². The van der Waals surface area contributed by atoms with Crippen LogP contribution in [-0.2, 0) is 0 Å². The highest BCUT2D eigenvalue weighted by molar-refractivity contribution is 5.90. The second-order valence-electron chi connectivity index (χ2n) is 4.00. The van der Waals surface area contributed by atoms with E-state index in [9.17, 15) is 9.18 Å². The second kappa shape index (κ2) is 4.11. The normalized spacial score (nSPS) is 10.7. The Labute approximate surface area is 103 Å². The summed E-state index contributed by atoms with van der Waals surface area (Å²) in [5.41, 5.74) is 1.63. The van der Waals surface area contributed by atoms with E-state index in [0.29, 0.717) is 17.6 Å². The lowest BCUT2D eigenvalue weighted by Gasteiger charge is -2.00. The number of furan rings is 1. The molecule has 18 heavy (non-hydrogen) atoms. The summed E-state index contributed by atoms with van der Waals surface area (Å²) in [6.45, 7) is 0. The number of para-hydroxylation sites is 1. The minimum Gasteiger partial charge on any atom is -0.456 e. The summed E-state index contributed by atoms with van der Waals surface area (Å²) in [6, 6.07) is 13.5. The van der Waals surface area contributed by atoms with Gasteiger partial charge < -0.3 is 4.42 Å². The fraction of sp³-hybridized carbons (Fsp3) is 0. The molecular formula is C15H9FO2. The zero-order valence-corrected chi connectivity index (χ0v) is 9.39. The van der Waals surface area contributed by atoms with Crippen molar-refractivity contribution in [3.63, 3.8) is 0 Å². The molecule has 1 heterocycles. The van der Waals surface area contributed by atoms with Gasteiger partial charge in [0.2, 0.25) is 0 Å². The summed E-state index contributed by atoms with van der Waals surface area (Å²) in [7, 11) is 0. The van der Waals surface area contributed by atoms with Gasteiger partial charge in [0.25, 0.3) is 0 Å². The zero-order chi connectivity index (χ0) is 12.5. The first-order valence-corrected chi connectivity index (χ1v) is 5.51. The molecule has 3 rings (SSSR count). The molecule has 0 aliphatic carbocycles. The van der Waals surface area contributed by atoms with E-state index in [-0.39, 0.29) is 5.56 Å². The van der Waals surface area contributed by atoms with E-state index in [1.165, 1.54) is 12.1 Å². The van der Waals surface area contributed by atoms with E-state index in [1.807, 2.05) is 30.3 Å². The highest BCUT2D eigenvalue weighted by Gasteiger charge is 2.10. The number of rotatable bonds is 2. The van der Waals surface area contributed by atoms with Crippen molar-refractivity contribution in [3.8, 4) is 11.3 Å². The molecule has 0 unspecified atom stereocenters. The third-order valence-electron chi connectivity index (χ3n) is 2.83. The molecule has 3 aromatic rings. The van der Waals surface area contributed by atoms with E-state index in [1.54, 1.807) is 6.07 Å². The maximum atomic E-state index is 13.1. The Balaban J connectivity index is 2.22. The van der Waals surface area contributed by atoms with Crippen LogP contribution >= 0.6 is 0 Å². The molecule has 0 N–H and O–H groups in total. The van der Waals surface area contributed by atoms with Gasteiger partial charge >= 0.3 is 0 Å². The molecule has 0 saturated heterocycles. The van der Waals surface area contributed by atoms with Crippen molar-refractivity contribution in [2.24, 2.45) is 0 Å². The lowest BCUT2D eigenvalue weighted by Crippen LogP contribution is -1.87. The van der Waals surface area contributed by atoms with Crippen molar-refractivity contribution in [2.45, 2.75) is 0 Å². The Morgan fingerprint density at radius 2 is 1.89 bits per heavy atom. The molecule has 0 saturated carbocycles. The topological polar surface area (TPSA) is 30.2 Å². The Kier molecular flexibility index (Phi) is 2.45. The number of aldehydes is 1. The van der Waals surface area contributed by atoms with Crippen LogP contribution in [0.4, 0.5) is 4.39 Å². The maximum absolute atomic E-state index is 13.1. The van der Waals surface area contributed by atoms with Crippen LogP contribution in [0.5, 0.6) is 0 Å². The van der Waals surface area contributed by atoms with Crippen molar-refractivity contribution in [1.82, 2.24) is 0 Å². The average Bonchev–Trinajstić information content (AvgIpc) is 2.82. The summed E-state index contributed by atoms with van der Waals surface area (Å²) < 4.78 is 18.7. The molecule has 0 fully saturated rings. The Morgan fingerprint density at radius 3 is 2.67 bits per heavy atom. The van der Waals surface area contributed by atoms with Crippen molar-refractivity contribution >= 4 is 17.3 Å². The zero-order valence-electron chi connectivity index (χ0n) is 9.39. The molecule has 1 aromatic heterocycles. The molecule has 0 aliphatic heterocycles. The first kappa shape index (κ1) is 10.7. The van der Waals surface area contributed by atoms with Gasteiger partial charge in [-0.1, -0.05) is 18.2 Å². The van der Waals surface area contributed by atoms with Crippen LogP contribution in [0.2, 0.25) is 0 Å². The lowest BCUT2D eigenvalue weighted by molar-refractivity contribution is 0.112. The largest absolute Gasteiger partial charge is 0.456 e. The van der Waals surface area contributed by atoms with Crippen LogP contribution in [0.15, 0.2) is 52.9 Å². The van der Waals surface area contributed by atoms with Crippen LogP contribution in [0.25, 0.3) is 22.3 Å². The van der Waals surface area contributed by atoms with E-state index in [2.05, 4.69) is 0 Å². The number of hydrogen-bond acceptors (Lipinski definition) is 2. The summed E-state index contributed by atoms with van der Waals surface area (Å²) >= 11 is 0. The smallest absolute Gasteiger partial charge is 0.150 e. The lowest BCUT2D eigenvalue weighted by atomic mass is 10.1. The summed E-state index contributed by atoms with van der Waals surface area (Å²) in [5.74, 6) is 0.135. The third-order valence-corrected chi connectivity index (χ3v) is 2.83. The van der Waals surface area contributed by atoms with Gasteiger partial charge in [-0.25, -0.2) is 4.39 Å². The Bertz CT molecular complexity index is 695. The molecule has 0 atom stereocenters. The maximum Gasteiger partial charge on any atom is 0.150 e. The molecule has 0 amide bonds. The molecule has 0 spiro atoms. The summed E-state index contributed by atoms with van der Waals surface area (Å²) in [6.07, 6.45) is 0.631. The fourth-order valence-electron chi connectivity index (χ4n) is 1.97. The van der Waals surface area contributed by atoms with E-state index in [0.717, 1.165) is 11.0 Å². The number of hydrogen-bond donors (Lipinski definition) is 0. The minimum absolute atomic E-state index is 0.286. The Hall–Kier alpha value is -2.42. The number of carbonyl (C=O) groups excluding carboxylic acids is 1. The SMILES string of the molecule is O=Cc1cc(F)ccc1-c1cc2ccccc2o1. The van der Waals surface area contributed by atoms with Gasteiger partial charge in [-0.05, 0) is 30.3 Å². The molecule has 3 heteroatoms. The molecule has 0 bridgehead atoms. The molecule has 88 valence electrons. The van der Waals surface area contributed by atoms with Crippen LogP contribution in [0.1, 0.15) is 10.4 Å². The quantitative estimate of drug-likeness (QED) is 0.632. The predicted octanol–water partition coefficient (Wildman–Crippen LogP) is 4.05. The predicted molar refractivity (Wildman–Crippen MR) is 67.0 cm³/mol. The number of fused-ring (bicyclic) bond motifs is 1. The van der Waals surface area contributed by atoms with Crippen LogP contribution in [-0.4, -0.2) is 6.29 Å². The molecule has 2 nitrogen and oxygen atoms in total. The van der Waals surface area contributed by atoms with Gasteiger partial charge in [-0.15, -0.1) is 0 Å². The van der Waals surface area contributed by atoms with E-state index >= 15 is 0 Å². The van der Waals surface area contributed by atoms with Gasteiger partial charge in [0.1, 0.15) is 17.2 Å². The highest BCUT2D eigenvalue weighted by atomic mass is 19.1. The molecular weight excluding hydrogens is 231 g/mol. The van der Waals surface area contributed by atoms with Crippen LogP contribution < -0.4 is 0 Å². The molecule has 0 radical (unpaired) electrons. The molecule has 2 aromatic carbocycles. The average molecular weight is 240 g/mol. The second-order valence-corrected chi connectivity index (χ2v) is 4.00. The van der Waals surface area contributed by atoms with Gasteiger partial charge in [0, 0.05) is 16.5 Å². The van der Waals surface area contributed by atoms with Crippen LogP contribution in [0, 0.1) is 5.82 Å². The number of benzene rings is 2. The monoisotopic (exact) mass is 240 g/mol. The van der Waals surface area contributed by atoms with Crippen molar-refractivity contribution in [3.05, 3.63) is 59.9 Å². The summed E-state index contributed by atoms with van der Waals surface area (Å²) in [5, 5.41) is 0.952. The third kappa shape index (κ3) is 1.70. The van der Waals surface area contributed by atoms with Gasteiger partial charge in [-0.3, -0.25) is 4.79 Å². The van der Waals surface area contributed by atoms with Crippen molar-refractivity contribution in [1.29, 1.82) is 0 Å². The van der Waals surface area contributed by atoms with E-state index in [4.69, 9.17) is 4.42 Å². The number of carbonyl (C=O) groups is 1. The highest BCUT2D eigenvalue weighted by Crippen LogP contribution is 2.29. The standard InChI is InChI=1S/C15H9FO2/c16-12-5-6-13(11(7-12)9-17)15-8-10-3-1-2-4-14(10)18-15/h1-9H. The Morgan fingerprint density at radius 1 is 1.06 bits per heavy atom. The van der Waals surface area contributed by atoms with Crippen molar-refractivity contribution in [2.75, 3.05) is 0 Å². The van der Waals surface area contributed by atoms with E-state index < -0.39 is 5.82 Å². The van der Waals surface area contributed by atoms with Gasteiger partial charge in [0.05, 0.1) is 0 Å². The van der Waals surface area contributed by atoms with Gasteiger partial charge in [0.15, 0.2) is 6.29 Å². The first-order valence-electron chi connectivity index (χ1n) is 5.51. The fourth-order valence-corrected chi connectivity index (χ4v) is 1.97. The summed E-state index contributed by atoms with van der Waals surface area (Å²) in [4.78, 5) is 11.0.